The van der Waals surface area contributed by atoms with Gasteiger partial charge in [0.05, 0.1) is 11.4 Å². The Bertz CT molecular complexity index is 2180. The van der Waals surface area contributed by atoms with E-state index in [-0.39, 0.29) is 0 Å². The van der Waals surface area contributed by atoms with Gasteiger partial charge in [0.15, 0.2) is 0 Å². The fourth-order valence-electron chi connectivity index (χ4n) is 5.74. The molecule has 0 saturated heterocycles. The Morgan fingerprint density at radius 2 is 0.977 bits per heavy atom. The zero-order valence-electron chi connectivity index (χ0n) is 23.2. The molecule has 8 rings (SSSR count). The van der Waals surface area contributed by atoms with Gasteiger partial charge in [0.2, 0.25) is 0 Å². The van der Waals surface area contributed by atoms with E-state index in [4.69, 9.17) is 4.98 Å². The third kappa shape index (κ3) is 4.78. The number of nitrogens with zero attached hydrogens (tertiary/aromatic N) is 3. The maximum Gasteiger partial charge on any atom is 0.0731 e. The normalized spacial score (nSPS) is 11.3. The van der Waals surface area contributed by atoms with E-state index in [1.54, 1.807) is 12.4 Å². The lowest BCUT2D eigenvalue weighted by atomic mass is 9.95. The summed E-state index contributed by atoms with van der Waals surface area (Å²) in [6.45, 7) is 0. The number of pyridine rings is 3. The summed E-state index contributed by atoms with van der Waals surface area (Å²) in [6.07, 6.45) is 7.29. The molecule has 0 unspecified atom stereocenters. The van der Waals surface area contributed by atoms with Crippen molar-refractivity contribution in [2.24, 2.45) is 0 Å². The van der Waals surface area contributed by atoms with Crippen LogP contribution in [0.2, 0.25) is 0 Å². The third-order valence-corrected chi connectivity index (χ3v) is 9.07. The van der Waals surface area contributed by atoms with Crippen LogP contribution in [0, 0.1) is 0 Å². The van der Waals surface area contributed by atoms with Crippen molar-refractivity contribution in [2.75, 3.05) is 0 Å². The van der Waals surface area contributed by atoms with E-state index in [1.807, 2.05) is 48.0 Å². The Morgan fingerprint density at radius 1 is 0.419 bits per heavy atom. The monoisotopic (exact) mass is 567 g/mol. The van der Waals surface area contributed by atoms with Crippen LogP contribution in [0.5, 0.6) is 0 Å². The predicted molar refractivity (Wildman–Crippen MR) is 180 cm³/mol. The van der Waals surface area contributed by atoms with E-state index in [1.165, 1.54) is 42.4 Å². The summed E-state index contributed by atoms with van der Waals surface area (Å²) in [5.74, 6) is 0. The molecule has 3 nitrogen and oxygen atoms in total. The molecular weight excluding hydrogens is 543 g/mol. The second kappa shape index (κ2) is 10.8. The van der Waals surface area contributed by atoms with Crippen molar-refractivity contribution in [3.8, 4) is 55.9 Å². The highest BCUT2D eigenvalue weighted by molar-refractivity contribution is 7.26. The van der Waals surface area contributed by atoms with Gasteiger partial charge in [-0.2, -0.15) is 0 Å². The topological polar surface area (TPSA) is 38.7 Å². The Labute approximate surface area is 253 Å². The van der Waals surface area contributed by atoms with Gasteiger partial charge in [-0.15, -0.1) is 11.3 Å². The van der Waals surface area contributed by atoms with Gasteiger partial charge in [-0.25, -0.2) is 4.98 Å². The van der Waals surface area contributed by atoms with Gasteiger partial charge in [0.25, 0.3) is 0 Å². The first-order chi connectivity index (χ1) is 21.3. The van der Waals surface area contributed by atoms with Gasteiger partial charge in [-0.3, -0.25) is 9.97 Å². The maximum atomic E-state index is 4.99. The van der Waals surface area contributed by atoms with E-state index >= 15 is 0 Å². The lowest BCUT2D eigenvalue weighted by Crippen LogP contribution is -1.92. The van der Waals surface area contributed by atoms with Crippen LogP contribution in [-0.4, -0.2) is 15.0 Å². The van der Waals surface area contributed by atoms with Crippen molar-refractivity contribution in [3.63, 3.8) is 0 Å². The molecule has 0 saturated carbocycles. The number of rotatable bonds is 5. The lowest BCUT2D eigenvalue weighted by molar-refractivity contribution is 1.26. The van der Waals surface area contributed by atoms with E-state index < -0.39 is 0 Å². The fourth-order valence-corrected chi connectivity index (χ4v) is 6.98. The maximum absolute atomic E-state index is 4.99. The van der Waals surface area contributed by atoms with Crippen molar-refractivity contribution in [1.29, 1.82) is 0 Å². The molecule has 4 heteroatoms. The van der Waals surface area contributed by atoms with Gasteiger partial charge in [-0.05, 0) is 88.0 Å². The zero-order valence-corrected chi connectivity index (χ0v) is 24.0. The largest absolute Gasteiger partial charge is 0.264 e. The van der Waals surface area contributed by atoms with Gasteiger partial charge in [0, 0.05) is 56.1 Å². The highest BCUT2D eigenvalue weighted by Gasteiger charge is 2.13. The van der Waals surface area contributed by atoms with Crippen LogP contribution in [-0.2, 0) is 0 Å². The van der Waals surface area contributed by atoms with Gasteiger partial charge >= 0.3 is 0 Å². The molecule has 0 atom stereocenters. The molecular formula is C39H25N3S. The molecule has 0 bridgehead atoms. The summed E-state index contributed by atoms with van der Waals surface area (Å²) >= 11 is 1.87. The first-order valence-corrected chi connectivity index (χ1v) is 15.1. The van der Waals surface area contributed by atoms with Gasteiger partial charge in [0.1, 0.15) is 0 Å². The van der Waals surface area contributed by atoms with Crippen LogP contribution in [0.3, 0.4) is 0 Å². The van der Waals surface area contributed by atoms with Crippen LogP contribution in [0.1, 0.15) is 0 Å². The summed E-state index contributed by atoms with van der Waals surface area (Å²) in [6, 6.07) is 45.3. The molecule has 4 aromatic carbocycles. The molecule has 8 aromatic rings. The first-order valence-electron chi connectivity index (χ1n) is 14.2. The second-order valence-corrected chi connectivity index (χ2v) is 11.6. The van der Waals surface area contributed by atoms with Crippen LogP contribution in [0.15, 0.2) is 152 Å². The van der Waals surface area contributed by atoms with E-state index in [9.17, 15) is 0 Å². The third-order valence-electron chi connectivity index (χ3n) is 7.85. The number of thiophene rings is 1. The first kappa shape index (κ1) is 25.3. The standard InChI is InChI=1S/C39H25N3S/c1-2-17-38-34(14-1)35-16-5-15-33(39(35)43-38)29-11-4-9-27(21-29)26-8-3-10-28(20-26)32-22-36(30-12-6-18-40-24-30)42-37(23-32)31-13-7-19-41-25-31/h1-25H. The van der Waals surface area contributed by atoms with E-state index in [0.29, 0.717) is 0 Å². The van der Waals surface area contributed by atoms with Crippen molar-refractivity contribution in [1.82, 2.24) is 15.0 Å². The van der Waals surface area contributed by atoms with Crippen molar-refractivity contribution < 1.29 is 0 Å². The van der Waals surface area contributed by atoms with Crippen LogP contribution in [0.4, 0.5) is 0 Å². The van der Waals surface area contributed by atoms with E-state index in [0.717, 1.165) is 33.6 Å². The average Bonchev–Trinajstić information content (AvgIpc) is 3.48. The minimum Gasteiger partial charge on any atom is -0.264 e. The molecule has 4 heterocycles. The highest BCUT2D eigenvalue weighted by atomic mass is 32.1. The van der Waals surface area contributed by atoms with Crippen molar-refractivity contribution in [3.05, 3.63) is 152 Å². The molecule has 0 fully saturated rings. The van der Waals surface area contributed by atoms with Crippen molar-refractivity contribution >= 4 is 31.5 Å². The summed E-state index contributed by atoms with van der Waals surface area (Å²) < 4.78 is 2.65. The van der Waals surface area contributed by atoms with Crippen LogP contribution < -0.4 is 0 Å². The molecule has 4 aromatic heterocycles. The van der Waals surface area contributed by atoms with Crippen LogP contribution in [0.25, 0.3) is 76.1 Å². The molecule has 0 aliphatic carbocycles. The SMILES string of the molecule is c1cc(-c2cccc(-c3cccc4c3sc3ccccc34)c2)cc(-c2cc(-c3cccnc3)nc(-c3cccnc3)c2)c1. The molecule has 0 aliphatic heterocycles. The minimum atomic E-state index is 0.883. The number of fused-ring (bicyclic) bond motifs is 3. The Morgan fingerprint density at radius 3 is 1.65 bits per heavy atom. The average molecular weight is 568 g/mol. The van der Waals surface area contributed by atoms with Gasteiger partial charge in [-0.1, -0.05) is 72.8 Å². The molecule has 202 valence electrons. The van der Waals surface area contributed by atoms with Crippen molar-refractivity contribution in [2.45, 2.75) is 0 Å². The Hall–Kier alpha value is -5.45. The molecule has 0 radical (unpaired) electrons. The summed E-state index contributed by atoms with van der Waals surface area (Å²) in [5.41, 5.74) is 10.8. The minimum absolute atomic E-state index is 0.883. The highest BCUT2D eigenvalue weighted by Crippen LogP contribution is 2.41. The number of hydrogen-bond acceptors (Lipinski definition) is 4. The molecule has 0 amide bonds. The molecule has 0 spiro atoms. The fraction of sp³-hybridized carbons (Fsp3) is 0. The molecule has 0 N–H and O–H groups in total. The number of hydrogen-bond donors (Lipinski definition) is 0. The van der Waals surface area contributed by atoms with E-state index in [2.05, 4.69) is 113 Å². The summed E-state index contributed by atoms with van der Waals surface area (Å²) in [5, 5.41) is 2.64. The van der Waals surface area contributed by atoms with Crippen LogP contribution >= 0.6 is 11.3 Å². The summed E-state index contributed by atoms with van der Waals surface area (Å²) in [7, 11) is 0. The number of benzene rings is 4. The smallest absolute Gasteiger partial charge is 0.0731 e. The second-order valence-electron chi connectivity index (χ2n) is 10.6. The van der Waals surface area contributed by atoms with Gasteiger partial charge < -0.3 is 0 Å². The summed E-state index contributed by atoms with van der Waals surface area (Å²) in [4.78, 5) is 13.7. The predicted octanol–water partition coefficient (Wildman–Crippen LogP) is 10.6. The Kier molecular flexibility index (Phi) is 6.32. The zero-order chi connectivity index (χ0) is 28.6. The molecule has 43 heavy (non-hydrogen) atoms. The molecule has 0 aliphatic rings. The Balaban J connectivity index is 1.22. The quantitative estimate of drug-likeness (QED) is 0.208. The number of aromatic nitrogens is 3. The lowest BCUT2D eigenvalue weighted by Gasteiger charge is -2.12.